The Hall–Kier alpha value is -2.77. The van der Waals surface area contributed by atoms with E-state index in [4.69, 9.17) is 9.47 Å². The number of fused-ring (bicyclic) bond motifs is 1. The molecule has 1 aromatic carbocycles. The Bertz CT molecular complexity index is 868. The van der Waals surface area contributed by atoms with E-state index >= 15 is 0 Å². The Labute approximate surface area is 161 Å². The average molecular weight is 394 g/mol. The van der Waals surface area contributed by atoms with Crippen LogP contribution in [0.2, 0.25) is 0 Å². The average Bonchev–Trinajstić information content (AvgIpc) is 2.67. The van der Waals surface area contributed by atoms with Crippen molar-refractivity contribution in [2.75, 3.05) is 19.8 Å². The van der Waals surface area contributed by atoms with E-state index < -0.39 is 17.8 Å². The Balaban J connectivity index is 1.85. The van der Waals surface area contributed by atoms with E-state index in [0.717, 1.165) is 23.4 Å². The molecule has 0 radical (unpaired) electrons. The van der Waals surface area contributed by atoms with Crippen LogP contribution in [0.4, 0.5) is 13.2 Å². The maximum atomic E-state index is 12.9. The molecule has 0 unspecified atom stereocenters. The first-order chi connectivity index (χ1) is 13.3. The SMILES string of the molecule is CCOc1cc2c(cc1OCC)CN(C(=O)c1ccnc(C(F)(F)F)c1)CC2. The van der Waals surface area contributed by atoms with Crippen LogP contribution < -0.4 is 9.47 Å². The number of hydrogen-bond acceptors (Lipinski definition) is 4. The number of rotatable bonds is 5. The first kappa shape index (κ1) is 20.0. The molecule has 8 heteroatoms. The van der Waals surface area contributed by atoms with E-state index in [1.807, 2.05) is 26.0 Å². The molecule has 0 saturated heterocycles. The first-order valence-electron chi connectivity index (χ1n) is 9.07. The summed E-state index contributed by atoms with van der Waals surface area (Å²) in [5.74, 6) is 0.804. The standard InChI is InChI=1S/C20H21F3N2O3/c1-3-27-16-9-13-6-8-25(12-15(13)10-17(16)28-4-2)19(26)14-5-7-24-18(11-14)20(21,22)23/h5,7,9-11H,3-4,6,8,12H2,1-2H3. The summed E-state index contributed by atoms with van der Waals surface area (Å²) in [7, 11) is 0. The molecule has 2 heterocycles. The maximum Gasteiger partial charge on any atom is 0.433 e. The lowest BCUT2D eigenvalue weighted by molar-refractivity contribution is -0.141. The van der Waals surface area contributed by atoms with Gasteiger partial charge in [-0.2, -0.15) is 13.2 Å². The van der Waals surface area contributed by atoms with Crippen LogP contribution in [0.1, 0.15) is 41.0 Å². The second-order valence-corrected chi connectivity index (χ2v) is 6.34. The minimum Gasteiger partial charge on any atom is -0.490 e. The van der Waals surface area contributed by atoms with Gasteiger partial charge in [-0.25, -0.2) is 0 Å². The van der Waals surface area contributed by atoms with Gasteiger partial charge in [0.25, 0.3) is 5.91 Å². The molecule has 5 nitrogen and oxygen atoms in total. The molecule has 0 N–H and O–H groups in total. The number of pyridine rings is 1. The van der Waals surface area contributed by atoms with Crippen LogP contribution in [0.25, 0.3) is 0 Å². The zero-order valence-corrected chi connectivity index (χ0v) is 15.7. The quantitative estimate of drug-likeness (QED) is 0.766. The van der Waals surface area contributed by atoms with Crippen molar-refractivity contribution in [1.29, 1.82) is 0 Å². The summed E-state index contributed by atoms with van der Waals surface area (Å²) >= 11 is 0. The molecule has 0 spiro atoms. The third-order valence-electron chi connectivity index (χ3n) is 4.46. The molecule has 0 aliphatic carbocycles. The number of hydrogen-bond donors (Lipinski definition) is 0. The molecule has 2 aromatic rings. The first-order valence-corrected chi connectivity index (χ1v) is 9.07. The Kier molecular flexibility index (Phi) is 5.76. The van der Waals surface area contributed by atoms with Crippen molar-refractivity contribution < 1.29 is 27.4 Å². The highest BCUT2D eigenvalue weighted by molar-refractivity contribution is 5.94. The zero-order chi connectivity index (χ0) is 20.3. The number of amides is 1. The number of aromatic nitrogens is 1. The predicted molar refractivity (Wildman–Crippen MR) is 96.5 cm³/mol. The predicted octanol–water partition coefficient (Wildman–Crippen LogP) is 4.10. The van der Waals surface area contributed by atoms with Crippen LogP contribution in [0, 0.1) is 0 Å². The van der Waals surface area contributed by atoms with Gasteiger partial charge in [0.05, 0.1) is 13.2 Å². The summed E-state index contributed by atoms with van der Waals surface area (Å²) in [5.41, 5.74) is 0.843. The third-order valence-corrected chi connectivity index (χ3v) is 4.46. The second kappa shape index (κ2) is 8.08. The molecular formula is C20H21F3N2O3. The number of nitrogens with zero attached hydrogens (tertiary/aromatic N) is 2. The van der Waals surface area contributed by atoms with Gasteiger partial charge < -0.3 is 14.4 Å². The van der Waals surface area contributed by atoms with Gasteiger partial charge in [0.1, 0.15) is 5.69 Å². The van der Waals surface area contributed by atoms with E-state index in [1.165, 1.54) is 11.0 Å². The molecule has 0 bridgehead atoms. The van der Waals surface area contributed by atoms with E-state index in [-0.39, 0.29) is 5.56 Å². The van der Waals surface area contributed by atoms with Gasteiger partial charge in [-0.1, -0.05) is 0 Å². The molecule has 3 rings (SSSR count). The van der Waals surface area contributed by atoms with E-state index in [0.29, 0.717) is 44.2 Å². The van der Waals surface area contributed by atoms with Gasteiger partial charge >= 0.3 is 6.18 Å². The minimum absolute atomic E-state index is 0.0262. The van der Waals surface area contributed by atoms with Gasteiger partial charge in [0.2, 0.25) is 0 Å². The molecule has 0 fully saturated rings. The topological polar surface area (TPSA) is 51.7 Å². The highest BCUT2D eigenvalue weighted by Gasteiger charge is 2.33. The number of halogens is 3. The van der Waals surface area contributed by atoms with Gasteiger partial charge in [-0.3, -0.25) is 9.78 Å². The molecule has 1 aliphatic heterocycles. The van der Waals surface area contributed by atoms with Gasteiger partial charge in [0.15, 0.2) is 11.5 Å². The summed E-state index contributed by atoms with van der Waals surface area (Å²) in [5, 5.41) is 0. The number of carbonyl (C=O) groups is 1. The van der Waals surface area contributed by atoms with E-state index in [2.05, 4.69) is 4.98 Å². The van der Waals surface area contributed by atoms with Crippen molar-refractivity contribution >= 4 is 5.91 Å². The van der Waals surface area contributed by atoms with Crippen LogP contribution in [-0.2, 0) is 19.1 Å². The molecule has 0 saturated carbocycles. The Morgan fingerprint density at radius 3 is 2.36 bits per heavy atom. The molecule has 1 amide bonds. The van der Waals surface area contributed by atoms with E-state index in [1.54, 1.807) is 0 Å². The third kappa shape index (κ3) is 4.21. The number of benzene rings is 1. The fourth-order valence-electron chi connectivity index (χ4n) is 3.18. The summed E-state index contributed by atoms with van der Waals surface area (Å²) in [6.45, 7) is 5.44. The fraction of sp³-hybridized carbons (Fsp3) is 0.400. The number of ether oxygens (including phenoxy) is 2. The van der Waals surface area contributed by atoms with Crippen LogP contribution >= 0.6 is 0 Å². The van der Waals surface area contributed by atoms with Crippen molar-refractivity contribution in [2.24, 2.45) is 0 Å². The maximum absolute atomic E-state index is 12.9. The summed E-state index contributed by atoms with van der Waals surface area (Å²) in [6, 6.07) is 5.86. The van der Waals surface area contributed by atoms with Crippen LogP contribution in [0.3, 0.4) is 0 Å². The minimum atomic E-state index is -4.59. The smallest absolute Gasteiger partial charge is 0.433 e. The monoisotopic (exact) mass is 394 g/mol. The summed E-state index contributed by atoms with van der Waals surface area (Å²) in [6.07, 6.45) is -2.99. The molecule has 1 aliphatic rings. The highest BCUT2D eigenvalue weighted by Crippen LogP contribution is 2.34. The van der Waals surface area contributed by atoms with Crippen molar-refractivity contribution in [2.45, 2.75) is 33.0 Å². The number of alkyl halides is 3. The van der Waals surface area contributed by atoms with Crippen molar-refractivity contribution in [3.05, 3.63) is 52.8 Å². The lowest BCUT2D eigenvalue weighted by Gasteiger charge is -2.30. The fourth-order valence-corrected chi connectivity index (χ4v) is 3.18. The van der Waals surface area contributed by atoms with Crippen molar-refractivity contribution in [3.8, 4) is 11.5 Å². The highest BCUT2D eigenvalue weighted by atomic mass is 19.4. The van der Waals surface area contributed by atoms with Gasteiger partial charge in [-0.05, 0) is 55.7 Å². The van der Waals surface area contributed by atoms with Crippen LogP contribution in [0.15, 0.2) is 30.5 Å². The molecule has 150 valence electrons. The Morgan fingerprint density at radius 1 is 1.11 bits per heavy atom. The largest absolute Gasteiger partial charge is 0.490 e. The Morgan fingerprint density at radius 2 is 1.75 bits per heavy atom. The lowest BCUT2D eigenvalue weighted by atomic mass is 9.98. The lowest BCUT2D eigenvalue weighted by Crippen LogP contribution is -2.36. The van der Waals surface area contributed by atoms with Gasteiger partial charge in [0, 0.05) is 24.8 Å². The van der Waals surface area contributed by atoms with Crippen LogP contribution in [0.5, 0.6) is 11.5 Å². The molecular weight excluding hydrogens is 373 g/mol. The molecule has 0 atom stereocenters. The van der Waals surface area contributed by atoms with Crippen molar-refractivity contribution in [3.63, 3.8) is 0 Å². The van der Waals surface area contributed by atoms with Crippen LogP contribution in [-0.4, -0.2) is 35.5 Å². The molecule has 1 aromatic heterocycles. The van der Waals surface area contributed by atoms with E-state index in [9.17, 15) is 18.0 Å². The normalized spacial score (nSPS) is 13.8. The summed E-state index contributed by atoms with van der Waals surface area (Å²) < 4.78 is 49.9. The zero-order valence-electron chi connectivity index (χ0n) is 15.7. The van der Waals surface area contributed by atoms with Crippen molar-refractivity contribution in [1.82, 2.24) is 9.88 Å². The van der Waals surface area contributed by atoms with Gasteiger partial charge in [-0.15, -0.1) is 0 Å². The molecule has 28 heavy (non-hydrogen) atoms. The second-order valence-electron chi connectivity index (χ2n) is 6.34. The summed E-state index contributed by atoms with van der Waals surface area (Å²) in [4.78, 5) is 17.6. The number of carbonyl (C=O) groups excluding carboxylic acids is 1.